The largest absolute Gasteiger partial charge is 0.465 e. The van der Waals surface area contributed by atoms with Crippen LogP contribution in [0.5, 0.6) is 0 Å². The van der Waals surface area contributed by atoms with E-state index in [1.807, 2.05) is 0 Å². The summed E-state index contributed by atoms with van der Waals surface area (Å²) in [7, 11) is 1.31. The first-order valence-corrected chi connectivity index (χ1v) is 8.56. The number of carbonyl (C=O) groups excluding carboxylic acids is 2. The summed E-state index contributed by atoms with van der Waals surface area (Å²) in [5.74, 6) is -0.448. The van der Waals surface area contributed by atoms with Crippen LogP contribution in [0.1, 0.15) is 37.0 Å². The van der Waals surface area contributed by atoms with Crippen molar-refractivity contribution in [3.63, 3.8) is 0 Å². The highest BCUT2D eigenvalue weighted by Crippen LogP contribution is 2.27. The van der Waals surface area contributed by atoms with Crippen molar-refractivity contribution in [3.8, 4) is 0 Å². The fraction of sp³-hybridized carbons (Fsp3) is 0.222. The molecule has 0 amide bonds. The van der Waals surface area contributed by atoms with E-state index in [1.54, 1.807) is 38.1 Å². The zero-order valence-corrected chi connectivity index (χ0v) is 15.2. The Morgan fingerprint density at radius 1 is 1.15 bits per heavy atom. The molecule has 3 rings (SSSR count). The number of carbonyl (C=O) groups is 2. The predicted octanol–water partition coefficient (Wildman–Crippen LogP) is 2.75. The van der Waals surface area contributed by atoms with E-state index in [1.165, 1.54) is 7.11 Å². The topological polar surface area (TPSA) is 98.3 Å². The number of rotatable bonds is 4. The van der Waals surface area contributed by atoms with Gasteiger partial charge in [0.2, 0.25) is 0 Å². The lowest BCUT2D eigenvalue weighted by molar-refractivity contribution is 0.0476. The molecule has 0 fully saturated rings. The van der Waals surface area contributed by atoms with Crippen LogP contribution >= 0.6 is 11.3 Å². The second-order valence-electron chi connectivity index (χ2n) is 5.65. The lowest BCUT2D eigenvalue weighted by Gasteiger charge is -2.05. The number of hydrogen-bond acceptors (Lipinski definition) is 7. The third kappa shape index (κ3) is 3.36. The van der Waals surface area contributed by atoms with Gasteiger partial charge in [-0.05, 0) is 37.1 Å². The molecule has 1 aromatic carbocycles. The Morgan fingerprint density at radius 3 is 2.50 bits per heavy atom. The number of aromatic amines is 1. The number of nitrogens with zero attached hydrogens (tertiary/aromatic N) is 1. The Kier molecular flexibility index (Phi) is 4.85. The molecule has 0 saturated carbocycles. The summed E-state index contributed by atoms with van der Waals surface area (Å²) in [4.78, 5) is 43.6. The maximum atomic E-state index is 12.4. The highest BCUT2D eigenvalue weighted by molar-refractivity contribution is 7.20. The number of H-pyrrole nitrogens is 1. The van der Waals surface area contributed by atoms with Crippen LogP contribution in [0.15, 0.2) is 29.1 Å². The smallest absolute Gasteiger partial charge is 0.349 e. The van der Waals surface area contributed by atoms with E-state index in [2.05, 4.69) is 14.7 Å². The van der Waals surface area contributed by atoms with E-state index in [-0.39, 0.29) is 12.2 Å². The van der Waals surface area contributed by atoms with E-state index >= 15 is 0 Å². The van der Waals surface area contributed by atoms with Crippen LogP contribution in [0.3, 0.4) is 0 Å². The van der Waals surface area contributed by atoms with Gasteiger partial charge in [-0.2, -0.15) is 0 Å². The van der Waals surface area contributed by atoms with Gasteiger partial charge in [-0.25, -0.2) is 14.6 Å². The third-order valence-electron chi connectivity index (χ3n) is 3.85. The number of aromatic nitrogens is 2. The van der Waals surface area contributed by atoms with Gasteiger partial charge in [-0.3, -0.25) is 4.79 Å². The number of thiophene rings is 1. The van der Waals surface area contributed by atoms with Gasteiger partial charge in [-0.15, -0.1) is 11.3 Å². The number of benzene rings is 1. The molecule has 0 atom stereocenters. The van der Waals surface area contributed by atoms with Gasteiger partial charge < -0.3 is 14.5 Å². The molecule has 0 radical (unpaired) electrons. The van der Waals surface area contributed by atoms with E-state index < -0.39 is 11.9 Å². The standard InChI is InChI=1S/C18H16N2O5S/c1-9-13-15(21)19-10(2)20-16(13)26-14(9)18(23)25-8-11-4-6-12(7-5-11)17(22)24-3/h4-7H,8H2,1-3H3,(H,19,20,21). The molecule has 3 aromatic rings. The molecule has 2 aromatic heterocycles. The SMILES string of the molecule is COC(=O)c1ccc(COC(=O)c2sc3nc(C)[nH]c(=O)c3c2C)cc1. The Morgan fingerprint density at radius 2 is 1.85 bits per heavy atom. The first-order valence-electron chi connectivity index (χ1n) is 7.75. The number of hydrogen-bond donors (Lipinski definition) is 1. The summed E-state index contributed by atoms with van der Waals surface area (Å²) in [6.07, 6.45) is 0. The molecule has 7 nitrogen and oxygen atoms in total. The van der Waals surface area contributed by atoms with Gasteiger partial charge in [-0.1, -0.05) is 12.1 Å². The molecule has 0 aliphatic carbocycles. The first kappa shape index (κ1) is 17.8. The van der Waals surface area contributed by atoms with E-state index in [9.17, 15) is 14.4 Å². The van der Waals surface area contributed by atoms with E-state index in [0.717, 1.165) is 16.9 Å². The van der Waals surface area contributed by atoms with Crippen molar-refractivity contribution in [1.82, 2.24) is 9.97 Å². The second-order valence-corrected chi connectivity index (χ2v) is 6.65. The number of ether oxygens (including phenoxy) is 2. The molecule has 0 aliphatic heterocycles. The molecule has 0 bridgehead atoms. The lowest BCUT2D eigenvalue weighted by Crippen LogP contribution is -2.10. The Hall–Kier alpha value is -3.00. The van der Waals surface area contributed by atoms with Crippen molar-refractivity contribution in [2.75, 3.05) is 7.11 Å². The Labute approximate surface area is 152 Å². The lowest BCUT2D eigenvalue weighted by atomic mass is 10.1. The highest BCUT2D eigenvalue weighted by Gasteiger charge is 2.20. The van der Waals surface area contributed by atoms with Gasteiger partial charge in [0.15, 0.2) is 0 Å². The zero-order chi connectivity index (χ0) is 18.8. The highest BCUT2D eigenvalue weighted by atomic mass is 32.1. The number of nitrogens with one attached hydrogen (secondary N) is 1. The molecule has 0 unspecified atom stereocenters. The minimum Gasteiger partial charge on any atom is -0.465 e. The van der Waals surface area contributed by atoms with Crippen molar-refractivity contribution in [2.24, 2.45) is 0 Å². The normalized spacial score (nSPS) is 10.7. The van der Waals surface area contributed by atoms with Crippen LogP contribution in [-0.4, -0.2) is 29.0 Å². The van der Waals surface area contributed by atoms with E-state index in [4.69, 9.17) is 4.74 Å². The van der Waals surface area contributed by atoms with Gasteiger partial charge in [0.1, 0.15) is 22.1 Å². The van der Waals surface area contributed by atoms with Crippen LogP contribution in [-0.2, 0) is 16.1 Å². The van der Waals surface area contributed by atoms with Crippen LogP contribution in [0.2, 0.25) is 0 Å². The number of methoxy groups -OCH3 is 1. The summed E-state index contributed by atoms with van der Waals surface area (Å²) in [6.45, 7) is 3.44. The average molecular weight is 372 g/mol. The second kappa shape index (κ2) is 7.09. The van der Waals surface area contributed by atoms with E-state index in [0.29, 0.717) is 32.0 Å². The number of aryl methyl sites for hydroxylation is 2. The van der Waals surface area contributed by atoms with Crippen LogP contribution < -0.4 is 5.56 Å². The molecule has 0 saturated heterocycles. The van der Waals surface area contributed by atoms with Crippen molar-refractivity contribution >= 4 is 33.5 Å². The summed E-state index contributed by atoms with van der Waals surface area (Å²) in [5, 5.41) is 0.412. The van der Waals surface area contributed by atoms with Crippen molar-refractivity contribution in [1.29, 1.82) is 0 Å². The van der Waals surface area contributed by atoms with Crippen LogP contribution in [0.25, 0.3) is 10.2 Å². The van der Waals surface area contributed by atoms with Crippen molar-refractivity contribution < 1.29 is 19.1 Å². The fourth-order valence-electron chi connectivity index (χ4n) is 2.52. The number of fused-ring (bicyclic) bond motifs is 1. The Bertz CT molecular complexity index is 1050. The fourth-order valence-corrected chi connectivity index (χ4v) is 3.64. The molecule has 134 valence electrons. The van der Waals surface area contributed by atoms with Crippen molar-refractivity contribution in [3.05, 3.63) is 62.0 Å². The Balaban J connectivity index is 1.77. The third-order valence-corrected chi connectivity index (χ3v) is 5.02. The van der Waals surface area contributed by atoms with Crippen LogP contribution in [0, 0.1) is 13.8 Å². The quantitative estimate of drug-likeness (QED) is 0.707. The minimum absolute atomic E-state index is 0.0524. The maximum absolute atomic E-state index is 12.4. The molecule has 0 spiro atoms. The molecule has 1 N–H and O–H groups in total. The molecule has 26 heavy (non-hydrogen) atoms. The summed E-state index contributed by atoms with van der Waals surface area (Å²) in [6, 6.07) is 6.58. The molecular weight excluding hydrogens is 356 g/mol. The van der Waals surface area contributed by atoms with Gasteiger partial charge in [0.25, 0.3) is 5.56 Å². The average Bonchev–Trinajstić information content (AvgIpc) is 2.96. The zero-order valence-electron chi connectivity index (χ0n) is 14.4. The van der Waals surface area contributed by atoms with Gasteiger partial charge in [0, 0.05) is 0 Å². The molecular formula is C18H16N2O5S. The predicted molar refractivity (Wildman–Crippen MR) is 96.6 cm³/mol. The van der Waals surface area contributed by atoms with Crippen molar-refractivity contribution in [2.45, 2.75) is 20.5 Å². The number of esters is 2. The summed E-state index contributed by atoms with van der Waals surface area (Å²) in [5.41, 5.74) is 1.45. The molecule has 8 heteroatoms. The minimum atomic E-state index is -0.514. The van der Waals surface area contributed by atoms with Gasteiger partial charge in [0.05, 0.1) is 18.1 Å². The molecule has 0 aliphatic rings. The summed E-state index contributed by atoms with van der Waals surface area (Å²) >= 11 is 1.14. The first-order chi connectivity index (χ1) is 12.4. The van der Waals surface area contributed by atoms with Gasteiger partial charge >= 0.3 is 11.9 Å². The maximum Gasteiger partial charge on any atom is 0.349 e. The molecule has 2 heterocycles. The monoisotopic (exact) mass is 372 g/mol. The van der Waals surface area contributed by atoms with Crippen LogP contribution in [0.4, 0.5) is 0 Å². The summed E-state index contributed by atoms with van der Waals surface area (Å²) < 4.78 is 9.97.